The van der Waals surface area contributed by atoms with E-state index in [0.29, 0.717) is 6.42 Å². The molecule has 4 rings (SSSR count). The van der Waals surface area contributed by atoms with E-state index < -0.39 is 44.1 Å². The summed E-state index contributed by atoms with van der Waals surface area (Å²) in [7, 11) is -4.46. The molecule has 4 amide bonds. The van der Waals surface area contributed by atoms with E-state index in [-0.39, 0.29) is 53.3 Å². The summed E-state index contributed by atoms with van der Waals surface area (Å²) < 4.78 is 23.0. The first-order valence-corrected chi connectivity index (χ1v) is 15.2. The number of benzene rings is 1. The van der Waals surface area contributed by atoms with Gasteiger partial charge in [-0.05, 0) is 37.1 Å². The number of aliphatic hydroxyl groups is 2. The molecular formula is C23H33N4O10PS. The van der Waals surface area contributed by atoms with E-state index in [2.05, 4.69) is 21.3 Å². The average molecular weight is 589 g/mol. The highest BCUT2D eigenvalue weighted by Gasteiger charge is 2.46. The maximum Gasteiger partial charge on any atom is 0.356 e. The van der Waals surface area contributed by atoms with Crippen molar-refractivity contribution in [3.8, 4) is 5.75 Å². The van der Waals surface area contributed by atoms with Crippen molar-refractivity contribution >= 4 is 42.5 Å². The van der Waals surface area contributed by atoms with Crippen molar-refractivity contribution in [1.82, 2.24) is 21.3 Å². The lowest BCUT2D eigenvalue weighted by Gasteiger charge is -2.42. The number of nitrogens with one attached hydrogen (secondary N) is 4. The van der Waals surface area contributed by atoms with Gasteiger partial charge in [0, 0.05) is 30.9 Å². The normalized spacial score (nSPS) is 32.1. The fourth-order valence-electron chi connectivity index (χ4n) is 4.85. The predicted octanol–water partition coefficient (Wildman–Crippen LogP) is -1.73. The molecule has 3 saturated heterocycles. The molecule has 8 N–H and O–H groups in total. The minimum absolute atomic E-state index is 0.0549. The monoisotopic (exact) mass is 588 g/mol. The number of ether oxygens (including phenoxy) is 2. The van der Waals surface area contributed by atoms with Crippen LogP contribution in [-0.4, -0.2) is 98.1 Å². The molecule has 1 aromatic rings. The van der Waals surface area contributed by atoms with Crippen LogP contribution in [0.2, 0.25) is 0 Å². The Morgan fingerprint density at radius 2 is 1.90 bits per heavy atom. The molecule has 3 aliphatic heterocycles. The molecule has 3 heterocycles. The zero-order valence-corrected chi connectivity index (χ0v) is 22.8. The van der Waals surface area contributed by atoms with Crippen molar-refractivity contribution < 1.29 is 48.4 Å². The van der Waals surface area contributed by atoms with Gasteiger partial charge in [-0.15, -0.1) is 0 Å². The molecular weight excluding hydrogens is 555 g/mol. The predicted molar refractivity (Wildman–Crippen MR) is 139 cm³/mol. The fraction of sp³-hybridized carbons (Fsp3) is 0.609. The Balaban J connectivity index is 1.31. The second-order valence-electron chi connectivity index (χ2n) is 9.72. The minimum Gasteiger partial charge on any atom is -0.463 e. The lowest BCUT2D eigenvalue weighted by Crippen LogP contribution is -2.66. The first-order valence-electron chi connectivity index (χ1n) is 12.5. The van der Waals surface area contributed by atoms with Crippen LogP contribution in [-0.2, 0) is 18.9 Å². The molecule has 0 aliphatic carbocycles. The maximum atomic E-state index is 12.5. The molecule has 14 nitrogen and oxygen atoms in total. The van der Waals surface area contributed by atoms with Gasteiger partial charge in [-0.3, -0.25) is 14.2 Å². The van der Waals surface area contributed by atoms with Crippen molar-refractivity contribution in [3.63, 3.8) is 0 Å². The zero-order chi connectivity index (χ0) is 28.3. The second-order valence-corrected chi connectivity index (χ2v) is 12.6. The summed E-state index contributed by atoms with van der Waals surface area (Å²) in [5.74, 6) is 0.185. The molecule has 3 aliphatic rings. The highest BCUT2D eigenvalue weighted by atomic mass is 32.2. The quantitative estimate of drug-likeness (QED) is 0.114. The third-order valence-electron chi connectivity index (χ3n) is 6.83. The Bertz CT molecular complexity index is 1100. The van der Waals surface area contributed by atoms with E-state index in [0.717, 1.165) is 12.2 Å². The van der Waals surface area contributed by atoms with Gasteiger partial charge in [-0.2, -0.15) is 11.8 Å². The second kappa shape index (κ2) is 12.4. The van der Waals surface area contributed by atoms with Crippen molar-refractivity contribution in [2.24, 2.45) is 0 Å². The van der Waals surface area contributed by atoms with Crippen molar-refractivity contribution in [3.05, 3.63) is 24.3 Å². The molecule has 16 heteroatoms. The van der Waals surface area contributed by atoms with Crippen molar-refractivity contribution in [1.29, 1.82) is 0 Å². The lowest BCUT2D eigenvalue weighted by molar-refractivity contribution is -0.235. The third kappa shape index (κ3) is 7.42. The highest BCUT2D eigenvalue weighted by Crippen LogP contribution is 2.34. The van der Waals surface area contributed by atoms with Crippen LogP contribution in [0.25, 0.3) is 0 Å². The van der Waals surface area contributed by atoms with Gasteiger partial charge in [0.15, 0.2) is 0 Å². The molecule has 3 fully saturated rings. The van der Waals surface area contributed by atoms with Gasteiger partial charge < -0.3 is 50.7 Å². The average Bonchev–Trinajstić information content (AvgIpc) is 3.42. The van der Waals surface area contributed by atoms with E-state index >= 15 is 0 Å². The first kappa shape index (κ1) is 29.6. The van der Waals surface area contributed by atoms with Crippen LogP contribution in [0.15, 0.2) is 24.3 Å². The first-order chi connectivity index (χ1) is 18.4. The standard InChI is InChI=1S/C23H33N4O10PS/c1-11(28)25-19-21(31)20(30)15(37-22(19)36-12-5-7-13(8-6-12)38(33,34)35)9-24-17(29)4-2-3-16-18-14(10-39-16)26-23(32)27-18/h5-8,14-16,18-22,30-31H,2-4,9-10H2,1H3,(H,24,29)(H,25,28)(H2,26,27,32)(H2,33,34,35)/t14-,15?,16-,18-,19?,20+,21+,22+/m0/s1. The molecule has 2 unspecified atom stereocenters. The Morgan fingerprint density at radius 1 is 1.18 bits per heavy atom. The summed E-state index contributed by atoms with van der Waals surface area (Å²) in [6.07, 6.45) is -3.73. The van der Waals surface area contributed by atoms with Gasteiger partial charge in [-0.1, -0.05) is 0 Å². The van der Waals surface area contributed by atoms with Crippen LogP contribution >= 0.6 is 19.4 Å². The van der Waals surface area contributed by atoms with E-state index in [9.17, 15) is 38.9 Å². The number of hydrogen-bond acceptors (Lipinski definition) is 9. The molecule has 39 heavy (non-hydrogen) atoms. The fourth-order valence-corrected chi connectivity index (χ4v) is 6.93. The van der Waals surface area contributed by atoms with E-state index in [4.69, 9.17) is 9.47 Å². The number of rotatable bonds is 10. The van der Waals surface area contributed by atoms with Crippen LogP contribution in [0.4, 0.5) is 4.79 Å². The number of hydrogen-bond donors (Lipinski definition) is 8. The van der Waals surface area contributed by atoms with Crippen molar-refractivity contribution in [2.75, 3.05) is 12.3 Å². The number of urea groups is 1. The Labute approximate surface area is 228 Å². The van der Waals surface area contributed by atoms with E-state index in [1.54, 1.807) is 11.8 Å². The molecule has 1 aromatic carbocycles. The SMILES string of the molecule is CC(=O)NC1[C@H](Oc2ccc(P(=O)(O)O)cc2)OC(CNC(=O)CCC[C@@H]2SC[C@@H]3NC(=O)N[C@@H]32)[C@@H](O)[C@@H]1O. The highest BCUT2D eigenvalue weighted by molar-refractivity contribution is 8.00. The molecule has 0 aromatic heterocycles. The summed E-state index contributed by atoms with van der Waals surface area (Å²) in [6.45, 7) is 1.09. The maximum absolute atomic E-state index is 12.5. The van der Waals surface area contributed by atoms with Gasteiger partial charge >= 0.3 is 13.6 Å². The number of fused-ring (bicyclic) bond motifs is 1. The van der Waals surface area contributed by atoms with E-state index in [1.165, 1.54) is 31.2 Å². The summed E-state index contributed by atoms with van der Waals surface area (Å²) in [5, 5.41) is 32.3. The molecule has 0 spiro atoms. The van der Waals surface area contributed by atoms with Crippen LogP contribution in [0, 0.1) is 0 Å². The Kier molecular flexibility index (Phi) is 9.42. The minimum atomic E-state index is -4.46. The van der Waals surface area contributed by atoms with Crippen LogP contribution in [0.5, 0.6) is 5.75 Å². The third-order valence-corrected chi connectivity index (χ3v) is 9.31. The smallest absolute Gasteiger partial charge is 0.356 e. The summed E-state index contributed by atoms with van der Waals surface area (Å²) >= 11 is 1.76. The molecule has 0 bridgehead atoms. The zero-order valence-electron chi connectivity index (χ0n) is 21.1. The number of amides is 4. The van der Waals surface area contributed by atoms with Gasteiger partial charge in [0.05, 0.1) is 17.4 Å². The topological polar surface area (TPSA) is 216 Å². The molecule has 0 saturated carbocycles. The number of carbonyl (C=O) groups excluding carboxylic acids is 3. The summed E-state index contributed by atoms with van der Waals surface area (Å²) in [4.78, 5) is 54.3. The molecule has 8 atom stereocenters. The lowest BCUT2D eigenvalue weighted by atomic mass is 9.96. The van der Waals surface area contributed by atoms with Gasteiger partial charge in [0.25, 0.3) is 0 Å². The molecule has 216 valence electrons. The van der Waals surface area contributed by atoms with Gasteiger partial charge in [-0.25, -0.2) is 4.79 Å². The van der Waals surface area contributed by atoms with E-state index in [1.807, 2.05) is 0 Å². The summed E-state index contributed by atoms with van der Waals surface area (Å²) in [6, 6.07) is 3.79. The Hall–Kier alpha value is -2.39. The largest absolute Gasteiger partial charge is 0.463 e. The van der Waals surface area contributed by atoms with Gasteiger partial charge in [0.1, 0.15) is 30.1 Å². The van der Waals surface area contributed by atoms with Crippen molar-refractivity contribution in [2.45, 2.75) is 74.2 Å². The molecule has 0 radical (unpaired) electrons. The van der Waals surface area contributed by atoms with Crippen LogP contribution in [0.1, 0.15) is 26.2 Å². The van der Waals surface area contributed by atoms with Crippen LogP contribution in [0.3, 0.4) is 0 Å². The number of carbonyl (C=O) groups is 3. The number of aliphatic hydroxyl groups excluding tert-OH is 2. The van der Waals surface area contributed by atoms with Gasteiger partial charge in [0.2, 0.25) is 18.1 Å². The number of thioether (sulfide) groups is 1. The Morgan fingerprint density at radius 3 is 2.56 bits per heavy atom. The van der Waals surface area contributed by atoms with Crippen LogP contribution < -0.4 is 31.3 Å². The summed E-state index contributed by atoms with van der Waals surface area (Å²) in [5.41, 5.74) is 0.